The van der Waals surface area contributed by atoms with E-state index in [1.54, 1.807) is 7.11 Å². The van der Waals surface area contributed by atoms with Crippen molar-refractivity contribution in [2.45, 2.75) is 19.4 Å². The molecular weight excluding hydrogens is 388 g/mol. The van der Waals surface area contributed by atoms with Crippen LogP contribution in [0.2, 0.25) is 0 Å². The third-order valence-electron chi connectivity index (χ3n) is 4.12. The number of ether oxygens (including phenoxy) is 2. The highest BCUT2D eigenvalue weighted by atomic mass is 16.5. The molecule has 0 radical (unpaired) electrons. The average molecular weight is 412 g/mol. The number of carboxylic acids is 2. The van der Waals surface area contributed by atoms with Gasteiger partial charge in [-0.05, 0) is 42.7 Å². The van der Waals surface area contributed by atoms with Crippen molar-refractivity contribution in [3.05, 3.63) is 67.0 Å². The van der Waals surface area contributed by atoms with Crippen LogP contribution in [0.4, 0.5) is 0 Å². The summed E-state index contributed by atoms with van der Waals surface area (Å²) < 4.78 is 13.5. The molecule has 30 heavy (non-hydrogen) atoms. The number of benzene rings is 2. The molecule has 3 rings (SSSR count). The van der Waals surface area contributed by atoms with Gasteiger partial charge in [-0.3, -0.25) is 0 Å². The molecule has 1 heterocycles. The summed E-state index contributed by atoms with van der Waals surface area (Å²) in [6, 6.07) is 14.2. The molecule has 0 spiro atoms. The third kappa shape index (κ3) is 6.37. The summed E-state index contributed by atoms with van der Waals surface area (Å²) >= 11 is 0. The summed E-state index contributed by atoms with van der Waals surface area (Å²) in [5, 5.41) is 14.8. The first kappa shape index (κ1) is 22.5. The van der Waals surface area contributed by atoms with E-state index in [4.69, 9.17) is 29.3 Å². The minimum atomic E-state index is -1.82. The van der Waals surface area contributed by atoms with Crippen LogP contribution in [0, 0.1) is 0 Å². The average Bonchev–Trinajstić information content (AvgIpc) is 3.15. The fourth-order valence-corrected chi connectivity index (χ4v) is 2.73. The van der Waals surface area contributed by atoms with E-state index in [1.165, 1.54) is 5.56 Å². The molecule has 0 saturated carbocycles. The lowest BCUT2D eigenvalue weighted by Gasteiger charge is -2.12. The van der Waals surface area contributed by atoms with Crippen molar-refractivity contribution in [2.24, 2.45) is 0 Å². The number of imidazole rings is 1. The number of aliphatic carboxylic acids is 2. The Morgan fingerprint density at radius 1 is 1.13 bits per heavy atom. The van der Waals surface area contributed by atoms with Crippen LogP contribution in [0.25, 0.3) is 11.0 Å². The zero-order valence-electron chi connectivity index (χ0n) is 16.7. The van der Waals surface area contributed by atoms with E-state index in [-0.39, 0.29) is 0 Å². The van der Waals surface area contributed by atoms with Gasteiger partial charge < -0.3 is 24.3 Å². The molecule has 2 N–H and O–H groups in total. The summed E-state index contributed by atoms with van der Waals surface area (Å²) in [6.07, 6.45) is 5.49. The number of aryl methyl sites for hydroxylation is 1. The van der Waals surface area contributed by atoms with E-state index in [0.717, 1.165) is 41.9 Å². The second-order valence-corrected chi connectivity index (χ2v) is 6.22. The summed E-state index contributed by atoms with van der Waals surface area (Å²) in [4.78, 5) is 22.6. The molecule has 0 aliphatic rings. The van der Waals surface area contributed by atoms with Gasteiger partial charge in [-0.1, -0.05) is 24.3 Å². The van der Waals surface area contributed by atoms with Gasteiger partial charge in [0.05, 0.1) is 31.1 Å². The van der Waals surface area contributed by atoms with Gasteiger partial charge >= 0.3 is 11.9 Å². The predicted molar refractivity (Wildman–Crippen MR) is 112 cm³/mol. The largest absolute Gasteiger partial charge is 0.493 e. The smallest absolute Gasteiger partial charge is 0.414 e. The van der Waals surface area contributed by atoms with Crippen LogP contribution in [0.3, 0.4) is 0 Å². The van der Waals surface area contributed by atoms with Crippen LogP contribution in [0.15, 0.2) is 61.4 Å². The summed E-state index contributed by atoms with van der Waals surface area (Å²) in [6.45, 7) is 5.26. The van der Waals surface area contributed by atoms with Crippen molar-refractivity contribution in [1.29, 1.82) is 0 Å². The van der Waals surface area contributed by atoms with Crippen LogP contribution in [-0.4, -0.2) is 45.4 Å². The summed E-state index contributed by atoms with van der Waals surface area (Å²) in [5.74, 6) is -2.10. The molecule has 8 heteroatoms. The SMILES string of the molecule is C=CCc1ccc(OCCCn2cnc3ccccc32)c(OC)c1.O=C(O)C(=O)O. The van der Waals surface area contributed by atoms with Gasteiger partial charge in [-0.2, -0.15) is 0 Å². The van der Waals surface area contributed by atoms with Gasteiger partial charge in [-0.25, -0.2) is 14.6 Å². The fourth-order valence-electron chi connectivity index (χ4n) is 2.73. The van der Waals surface area contributed by atoms with Gasteiger partial charge in [0.1, 0.15) is 0 Å². The fraction of sp³-hybridized carbons (Fsp3) is 0.227. The van der Waals surface area contributed by atoms with Crippen molar-refractivity contribution in [3.63, 3.8) is 0 Å². The number of carbonyl (C=O) groups is 2. The molecule has 0 amide bonds. The Morgan fingerprint density at radius 3 is 2.53 bits per heavy atom. The molecule has 0 atom stereocenters. The minimum Gasteiger partial charge on any atom is -0.493 e. The number of aromatic nitrogens is 2. The maximum Gasteiger partial charge on any atom is 0.414 e. The maximum atomic E-state index is 9.10. The summed E-state index contributed by atoms with van der Waals surface area (Å²) in [5.41, 5.74) is 3.35. The Bertz CT molecular complexity index is 1000. The van der Waals surface area contributed by atoms with Gasteiger partial charge in [-0.15, -0.1) is 6.58 Å². The Morgan fingerprint density at radius 2 is 1.87 bits per heavy atom. The Hall–Kier alpha value is -3.81. The lowest BCUT2D eigenvalue weighted by Crippen LogP contribution is -2.09. The second-order valence-electron chi connectivity index (χ2n) is 6.22. The highest BCUT2D eigenvalue weighted by Gasteiger charge is 2.06. The predicted octanol–water partition coefficient (Wildman–Crippen LogP) is 3.40. The topological polar surface area (TPSA) is 111 Å². The first-order chi connectivity index (χ1) is 14.5. The number of methoxy groups -OCH3 is 1. The van der Waals surface area contributed by atoms with Gasteiger partial charge in [0.25, 0.3) is 0 Å². The quantitative estimate of drug-likeness (QED) is 0.331. The van der Waals surface area contributed by atoms with Crippen molar-refractivity contribution >= 4 is 23.0 Å². The van der Waals surface area contributed by atoms with Gasteiger partial charge in [0.15, 0.2) is 11.5 Å². The van der Waals surface area contributed by atoms with Crippen molar-refractivity contribution in [3.8, 4) is 11.5 Å². The molecule has 0 saturated heterocycles. The van der Waals surface area contributed by atoms with Crippen LogP contribution in [-0.2, 0) is 22.6 Å². The number of hydrogen-bond donors (Lipinski definition) is 2. The molecule has 0 aliphatic heterocycles. The molecule has 0 fully saturated rings. The standard InChI is InChI=1S/C20H22N2O2.C2H2O4/c1-3-7-16-10-11-19(20(14-16)23-2)24-13-6-12-22-15-21-17-8-4-5-9-18(17)22;3-1(4)2(5)6/h3-5,8-11,14-15H,1,6-7,12-13H2,2H3;(H,3,4)(H,5,6). The van der Waals surface area contributed by atoms with Crippen molar-refractivity contribution in [2.75, 3.05) is 13.7 Å². The van der Waals surface area contributed by atoms with Crippen LogP contribution in [0.1, 0.15) is 12.0 Å². The number of allylic oxidation sites excluding steroid dienone is 1. The second kappa shape index (κ2) is 11.3. The van der Waals surface area contributed by atoms with E-state index in [0.29, 0.717) is 6.61 Å². The van der Waals surface area contributed by atoms with E-state index in [2.05, 4.69) is 22.2 Å². The minimum absolute atomic E-state index is 0.629. The monoisotopic (exact) mass is 412 g/mol. The number of nitrogens with zero attached hydrogens (tertiary/aromatic N) is 2. The highest BCUT2D eigenvalue weighted by Crippen LogP contribution is 2.28. The zero-order valence-corrected chi connectivity index (χ0v) is 16.7. The molecule has 3 aromatic rings. The molecule has 0 aliphatic carbocycles. The van der Waals surface area contributed by atoms with Gasteiger partial charge in [0, 0.05) is 6.54 Å². The number of rotatable bonds is 8. The number of hydrogen-bond acceptors (Lipinski definition) is 5. The lowest BCUT2D eigenvalue weighted by atomic mass is 10.1. The van der Waals surface area contributed by atoms with Crippen LogP contribution in [0.5, 0.6) is 11.5 Å². The number of carboxylic acid groups (broad SMARTS) is 2. The van der Waals surface area contributed by atoms with E-state index in [9.17, 15) is 0 Å². The normalized spacial score (nSPS) is 10.0. The zero-order chi connectivity index (χ0) is 21.9. The third-order valence-corrected chi connectivity index (χ3v) is 4.12. The van der Waals surface area contributed by atoms with Crippen LogP contribution < -0.4 is 9.47 Å². The number of para-hydroxylation sites is 2. The Balaban J connectivity index is 0.000000469. The maximum absolute atomic E-state index is 9.10. The van der Waals surface area contributed by atoms with E-state index in [1.807, 2.05) is 48.8 Å². The molecular formula is C22H24N2O6. The van der Waals surface area contributed by atoms with Gasteiger partial charge in [0.2, 0.25) is 0 Å². The first-order valence-corrected chi connectivity index (χ1v) is 9.23. The molecule has 0 unspecified atom stereocenters. The van der Waals surface area contributed by atoms with Crippen molar-refractivity contribution < 1.29 is 29.3 Å². The Labute approximate surface area is 174 Å². The first-order valence-electron chi connectivity index (χ1n) is 9.23. The Kier molecular flexibility index (Phi) is 8.43. The van der Waals surface area contributed by atoms with Crippen molar-refractivity contribution in [1.82, 2.24) is 9.55 Å². The molecule has 8 nitrogen and oxygen atoms in total. The highest BCUT2D eigenvalue weighted by molar-refractivity contribution is 6.27. The van der Waals surface area contributed by atoms with E-state index < -0.39 is 11.9 Å². The molecule has 2 aromatic carbocycles. The molecule has 158 valence electrons. The van der Waals surface area contributed by atoms with E-state index >= 15 is 0 Å². The summed E-state index contributed by atoms with van der Waals surface area (Å²) in [7, 11) is 1.66. The van der Waals surface area contributed by atoms with Crippen LogP contribution >= 0.6 is 0 Å². The lowest BCUT2D eigenvalue weighted by molar-refractivity contribution is -0.159. The molecule has 1 aromatic heterocycles. The number of fused-ring (bicyclic) bond motifs is 1. The molecule has 0 bridgehead atoms.